The van der Waals surface area contributed by atoms with E-state index in [2.05, 4.69) is 6.92 Å². The molecular formula is C26H30N4O4. The number of hydrogen-bond donors (Lipinski definition) is 0. The molecule has 0 bridgehead atoms. The maximum absolute atomic E-state index is 13.3. The molecule has 0 N–H and O–H groups in total. The van der Waals surface area contributed by atoms with Gasteiger partial charge in [-0.2, -0.15) is 0 Å². The van der Waals surface area contributed by atoms with Crippen molar-refractivity contribution in [2.45, 2.75) is 52.6 Å². The van der Waals surface area contributed by atoms with Crippen LogP contribution in [-0.2, 0) is 11.3 Å². The molecule has 1 amide bonds. The van der Waals surface area contributed by atoms with Crippen molar-refractivity contribution < 1.29 is 9.72 Å². The van der Waals surface area contributed by atoms with Crippen LogP contribution in [0.1, 0.15) is 57.5 Å². The molecule has 34 heavy (non-hydrogen) atoms. The van der Waals surface area contributed by atoms with Crippen molar-refractivity contribution in [2.24, 2.45) is 0 Å². The molecule has 1 aromatic heterocycles. The van der Waals surface area contributed by atoms with E-state index in [1.165, 1.54) is 18.2 Å². The lowest BCUT2D eigenvalue weighted by molar-refractivity contribution is -0.384. The maximum Gasteiger partial charge on any atom is 0.269 e. The van der Waals surface area contributed by atoms with Crippen molar-refractivity contribution in [3.63, 3.8) is 0 Å². The standard InChI is InChI=1S/C26H30N4O4/c1-4-6-9-18-29(24(31)17-14-20-12-15-21(16-13-20)30(33)34)19(3)25-27-23-11-8-7-10-22(23)26(32)28(25)5-2/h7-8,10-17,19H,4-6,9,18H2,1-3H3/b17-14+. The molecule has 0 fully saturated rings. The summed E-state index contributed by atoms with van der Waals surface area (Å²) in [6.45, 7) is 6.87. The van der Waals surface area contributed by atoms with E-state index in [1.54, 1.807) is 33.7 Å². The number of carbonyl (C=O) groups is 1. The quantitative estimate of drug-likeness (QED) is 0.180. The Hall–Kier alpha value is -3.81. The number of para-hydroxylation sites is 1. The fourth-order valence-corrected chi connectivity index (χ4v) is 3.95. The molecule has 3 rings (SSSR count). The second kappa shape index (κ2) is 11.4. The van der Waals surface area contributed by atoms with E-state index in [0.29, 0.717) is 35.4 Å². The number of carbonyl (C=O) groups excluding carboxylic acids is 1. The zero-order valence-electron chi connectivity index (χ0n) is 19.8. The number of hydrogen-bond acceptors (Lipinski definition) is 5. The summed E-state index contributed by atoms with van der Waals surface area (Å²) in [6, 6.07) is 12.8. The van der Waals surface area contributed by atoms with Gasteiger partial charge in [-0.1, -0.05) is 31.9 Å². The molecule has 1 heterocycles. The van der Waals surface area contributed by atoms with Gasteiger partial charge in [0, 0.05) is 31.3 Å². The Kier molecular flexibility index (Phi) is 8.29. The molecule has 0 saturated carbocycles. The van der Waals surface area contributed by atoms with Gasteiger partial charge >= 0.3 is 0 Å². The van der Waals surface area contributed by atoms with Crippen molar-refractivity contribution in [3.8, 4) is 0 Å². The van der Waals surface area contributed by atoms with Crippen molar-refractivity contribution in [2.75, 3.05) is 6.54 Å². The van der Waals surface area contributed by atoms with Crippen molar-refractivity contribution in [3.05, 3.63) is 86.5 Å². The highest BCUT2D eigenvalue weighted by atomic mass is 16.6. The third-order valence-corrected chi connectivity index (χ3v) is 5.86. The Morgan fingerprint density at radius 1 is 1.15 bits per heavy atom. The van der Waals surface area contributed by atoms with Crippen molar-refractivity contribution in [1.29, 1.82) is 0 Å². The van der Waals surface area contributed by atoms with Crippen LogP contribution in [0.4, 0.5) is 5.69 Å². The van der Waals surface area contributed by atoms with E-state index in [1.807, 2.05) is 32.0 Å². The molecule has 8 heteroatoms. The lowest BCUT2D eigenvalue weighted by Gasteiger charge is -2.29. The van der Waals surface area contributed by atoms with Gasteiger partial charge in [0.25, 0.3) is 11.2 Å². The first kappa shape index (κ1) is 24.8. The van der Waals surface area contributed by atoms with E-state index in [9.17, 15) is 19.7 Å². The van der Waals surface area contributed by atoms with Gasteiger partial charge in [0.05, 0.1) is 21.9 Å². The van der Waals surface area contributed by atoms with Gasteiger partial charge in [-0.25, -0.2) is 4.98 Å². The van der Waals surface area contributed by atoms with Gasteiger partial charge in [-0.15, -0.1) is 0 Å². The molecule has 0 spiro atoms. The second-order valence-electron chi connectivity index (χ2n) is 8.13. The molecule has 178 valence electrons. The fourth-order valence-electron chi connectivity index (χ4n) is 3.95. The molecule has 0 aliphatic rings. The first-order valence-electron chi connectivity index (χ1n) is 11.6. The van der Waals surface area contributed by atoms with E-state index >= 15 is 0 Å². The number of aromatic nitrogens is 2. The average molecular weight is 463 g/mol. The average Bonchev–Trinajstić information content (AvgIpc) is 2.85. The molecule has 0 aliphatic heterocycles. The predicted octanol–water partition coefficient (Wildman–Crippen LogP) is 5.12. The number of nitro benzene ring substituents is 1. The van der Waals surface area contributed by atoms with Crippen LogP contribution < -0.4 is 5.56 Å². The molecule has 0 aliphatic carbocycles. The monoisotopic (exact) mass is 462 g/mol. The number of non-ortho nitro benzene ring substituents is 1. The molecule has 3 aromatic rings. The third kappa shape index (κ3) is 5.57. The lowest BCUT2D eigenvalue weighted by atomic mass is 10.1. The van der Waals surface area contributed by atoms with Gasteiger partial charge in [0.15, 0.2) is 0 Å². The minimum atomic E-state index is -0.459. The van der Waals surface area contributed by atoms with E-state index < -0.39 is 11.0 Å². The van der Waals surface area contributed by atoms with Crippen molar-refractivity contribution in [1.82, 2.24) is 14.5 Å². The highest BCUT2D eigenvalue weighted by molar-refractivity contribution is 5.92. The normalized spacial score (nSPS) is 12.2. The maximum atomic E-state index is 13.3. The molecular weight excluding hydrogens is 432 g/mol. The Morgan fingerprint density at radius 2 is 1.85 bits per heavy atom. The highest BCUT2D eigenvalue weighted by Crippen LogP contribution is 2.22. The summed E-state index contributed by atoms with van der Waals surface area (Å²) in [4.78, 5) is 43.2. The fraction of sp³-hybridized carbons (Fsp3) is 0.346. The SMILES string of the molecule is CCCCCN(C(=O)/C=C/c1ccc([N+](=O)[O-])cc1)C(C)c1nc2ccccc2c(=O)n1CC. The summed E-state index contributed by atoms with van der Waals surface area (Å²) >= 11 is 0. The Balaban J connectivity index is 1.94. The lowest BCUT2D eigenvalue weighted by Crippen LogP contribution is -2.37. The summed E-state index contributed by atoms with van der Waals surface area (Å²) < 4.78 is 1.63. The Morgan fingerprint density at radius 3 is 2.50 bits per heavy atom. The summed E-state index contributed by atoms with van der Waals surface area (Å²) in [5.41, 5.74) is 1.19. The van der Waals surface area contributed by atoms with Gasteiger partial charge in [0.1, 0.15) is 5.82 Å². The summed E-state index contributed by atoms with van der Waals surface area (Å²) in [5, 5.41) is 11.4. The van der Waals surface area contributed by atoms with Crippen LogP contribution in [0.5, 0.6) is 0 Å². The molecule has 8 nitrogen and oxygen atoms in total. The zero-order valence-corrected chi connectivity index (χ0v) is 19.8. The number of benzene rings is 2. The molecule has 0 radical (unpaired) electrons. The topological polar surface area (TPSA) is 98.3 Å². The van der Waals surface area contributed by atoms with Gasteiger partial charge < -0.3 is 4.90 Å². The highest BCUT2D eigenvalue weighted by Gasteiger charge is 2.24. The summed E-state index contributed by atoms with van der Waals surface area (Å²) in [6.07, 6.45) is 5.95. The molecule has 0 saturated heterocycles. The van der Waals surface area contributed by atoms with Crippen LogP contribution in [-0.4, -0.2) is 31.8 Å². The largest absolute Gasteiger partial charge is 0.329 e. The summed E-state index contributed by atoms with van der Waals surface area (Å²) in [5.74, 6) is 0.354. The molecule has 1 unspecified atom stereocenters. The Bertz CT molecular complexity index is 1250. The van der Waals surface area contributed by atoms with Crippen LogP contribution in [0.2, 0.25) is 0 Å². The minimum absolute atomic E-state index is 0.00166. The third-order valence-electron chi connectivity index (χ3n) is 5.86. The van der Waals surface area contributed by atoms with Crippen LogP contribution in [0.25, 0.3) is 17.0 Å². The van der Waals surface area contributed by atoms with Crippen LogP contribution >= 0.6 is 0 Å². The van der Waals surface area contributed by atoms with Crippen LogP contribution in [0, 0.1) is 10.1 Å². The van der Waals surface area contributed by atoms with Gasteiger partial charge in [-0.05, 0) is 56.2 Å². The second-order valence-corrected chi connectivity index (χ2v) is 8.13. The van der Waals surface area contributed by atoms with Gasteiger partial charge in [-0.3, -0.25) is 24.3 Å². The number of nitro groups is 1. The number of nitrogens with zero attached hydrogens (tertiary/aromatic N) is 4. The summed E-state index contributed by atoms with van der Waals surface area (Å²) in [7, 11) is 0. The first-order valence-corrected chi connectivity index (χ1v) is 11.6. The predicted molar refractivity (Wildman–Crippen MR) is 133 cm³/mol. The Labute approximate surface area is 198 Å². The van der Waals surface area contributed by atoms with Crippen molar-refractivity contribution >= 4 is 28.6 Å². The van der Waals surface area contributed by atoms with E-state index in [-0.39, 0.29) is 17.2 Å². The molecule has 1 atom stereocenters. The number of fused-ring (bicyclic) bond motifs is 1. The number of amides is 1. The van der Waals surface area contributed by atoms with E-state index in [4.69, 9.17) is 4.98 Å². The smallest absolute Gasteiger partial charge is 0.269 e. The minimum Gasteiger partial charge on any atom is -0.329 e. The zero-order chi connectivity index (χ0) is 24.7. The number of unbranched alkanes of at least 4 members (excludes halogenated alkanes) is 2. The van der Waals surface area contributed by atoms with Gasteiger partial charge in [0.2, 0.25) is 5.91 Å². The van der Waals surface area contributed by atoms with Crippen LogP contribution in [0.3, 0.4) is 0 Å². The number of rotatable bonds is 10. The first-order chi connectivity index (χ1) is 16.4. The van der Waals surface area contributed by atoms with E-state index in [0.717, 1.165) is 19.3 Å². The van der Waals surface area contributed by atoms with Crippen LogP contribution in [0.15, 0.2) is 59.4 Å². The molecule has 2 aromatic carbocycles.